The summed E-state index contributed by atoms with van der Waals surface area (Å²) in [4.78, 5) is 25.5. The van der Waals surface area contributed by atoms with Gasteiger partial charge in [0.25, 0.3) is 11.8 Å². The first-order valence-electron chi connectivity index (χ1n) is 9.04. The molecular weight excluding hydrogens is 348 g/mol. The van der Waals surface area contributed by atoms with E-state index in [0.29, 0.717) is 11.3 Å². The minimum Gasteiger partial charge on any atom is -0.321 e. The minimum atomic E-state index is -0.379. The predicted molar refractivity (Wildman–Crippen MR) is 113 cm³/mol. The Morgan fingerprint density at radius 3 is 2.14 bits per heavy atom. The Hall–Kier alpha value is -3.66. The maximum absolute atomic E-state index is 12.9. The van der Waals surface area contributed by atoms with Crippen LogP contribution in [0.1, 0.15) is 27.0 Å². The normalized spacial score (nSPS) is 11.0. The quantitative estimate of drug-likeness (QED) is 0.639. The molecule has 0 aliphatic rings. The van der Waals surface area contributed by atoms with Crippen LogP contribution in [0.5, 0.6) is 0 Å². The summed E-state index contributed by atoms with van der Waals surface area (Å²) in [5.41, 5.74) is 4.19. The van der Waals surface area contributed by atoms with Crippen molar-refractivity contribution in [1.29, 1.82) is 0 Å². The highest BCUT2D eigenvalue weighted by molar-refractivity contribution is 6.10. The van der Waals surface area contributed by atoms with Gasteiger partial charge in [0.1, 0.15) is 5.70 Å². The molecule has 0 unspecified atom stereocenters. The third-order valence-corrected chi connectivity index (χ3v) is 4.16. The zero-order valence-corrected chi connectivity index (χ0v) is 15.9. The SMILES string of the molecule is Cc1cccc(NC(=O)C(=Cc2ccccc2)NC(=O)c2cccc(C)c2)c1. The van der Waals surface area contributed by atoms with Crippen molar-refractivity contribution in [3.8, 4) is 0 Å². The van der Waals surface area contributed by atoms with E-state index in [9.17, 15) is 9.59 Å². The van der Waals surface area contributed by atoms with Crippen molar-refractivity contribution in [3.05, 3.63) is 107 Å². The lowest BCUT2D eigenvalue weighted by atomic mass is 10.1. The van der Waals surface area contributed by atoms with Crippen LogP contribution in [0.15, 0.2) is 84.6 Å². The van der Waals surface area contributed by atoms with Crippen molar-refractivity contribution in [2.45, 2.75) is 13.8 Å². The van der Waals surface area contributed by atoms with Gasteiger partial charge in [0, 0.05) is 11.3 Å². The molecule has 0 atom stereocenters. The fourth-order valence-corrected chi connectivity index (χ4v) is 2.78. The van der Waals surface area contributed by atoms with E-state index < -0.39 is 0 Å². The zero-order chi connectivity index (χ0) is 19.9. The first-order valence-corrected chi connectivity index (χ1v) is 9.04. The molecule has 2 amide bonds. The summed E-state index contributed by atoms with van der Waals surface area (Å²) in [6.45, 7) is 3.87. The van der Waals surface area contributed by atoms with E-state index in [1.807, 2.05) is 80.6 Å². The lowest BCUT2D eigenvalue weighted by Gasteiger charge is -2.12. The average molecular weight is 370 g/mol. The Morgan fingerprint density at radius 2 is 1.46 bits per heavy atom. The van der Waals surface area contributed by atoms with Crippen LogP contribution >= 0.6 is 0 Å². The van der Waals surface area contributed by atoms with Gasteiger partial charge in [0.15, 0.2) is 0 Å². The summed E-state index contributed by atoms with van der Waals surface area (Å²) >= 11 is 0. The van der Waals surface area contributed by atoms with Crippen molar-refractivity contribution in [1.82, 2.24) is 5.32 Å². The Morgan fingerprint density at radius 1 is 0.786 bits per heavy atom. The molecule has 0 aliphatic heterocycles. The van der Waals surface area contributed by atoms with Gasteiger partial charge in [-0.15, -0.1) is 0 Å². The van der Waals surface area contributed by atoms with Crippen LogP contribution in [0, 0.1) is 13.8 Å². The highest BCUT2D eigenvalue weighted by Gasteiger charge is 2.15. The molecule has 2 N–H and O–H groups in total. The standard InChI is InChI=1S/C24H22N2O2/c1-17-8-6-12-20(14-17)23(27)26-22(16-19-10-4-3-5-11-19)24(28)25-21-13-7-9-18(2)15-21/h3-16H,1-2H3,(H,25,28)(H,26,27). The number of carbonyl (C=O) groups excluding carboxylic acids is 2. The van der Waals surface area contributed by atoms with E-state index in [0.717, 1.165) is 16.7 Å². The number of benzene rings is 3. The molecule has 0 bridgehead atoms. The molecule has 4 nitrogen and oxygen atoms in total. The van der Waals surface area contributed by atoms with E-state index in [2.05, 4.69) is 10.6 Å². The van der Waals surface area contributed by atoms with Gasteiger partial charge in [-0.05, 0) is 55.3 Å². The highest BCUT2D eigenvalue weighted by Crippen LogP contribution is 2.13. The van der Waals surface area contributed by atoms with Gasteiger partial charge in [-0.1, -0.05) is 60.2 Å². The maximum atomic E-state index is 12.9. The number of hydrogen-bond donors (Lipinski definition) is 2. The minimum absolute atomic E-state index is 0.180. The van der Waals surface area contributed by atoms with E-state index in [4.69, 9.17) is 0 Å². The van der Waals surface area contributed by atoms with Crippen molar-refractivity contribution in [2.24, 2.45) is 0 Å². The molecule has 3 aromatic rings. The molecule has 0 fully saturated rings. The Bertz CT molecular complexity index is 1020. The number of aryl methyl sites for hydroxylation is 2. The van der Waals surface area contributed by atoms with E-state index in [-0.39, 0.29) is 17.5 Å². The summed E-state index contributed by atoms with van der Waals surface area (Å²) < 4.78 is 0. The Kier molecular flexibility index (Phi) is 6.02. The van der Waals surface area contributed by atoms with Gasteiger partial charge in [-0.25, -0.2) is 0 Å². The van der Waals surface area contributed by atoms with Crippen molar-refractivity contribution >= 4 is 23.6 Å². The number of amides is 2. The lowest BCUT2D eigenvalue weighted by Crippen LogP contribution is -2.30. The van der Waals surface area contributed by atoms with Crippen molar-refractivity contribution < 1.29 is 9.59 Å². The number of hydrogen-bond acceptors (Lipinski definition) is 2. The van der Waals surface area contributed by atoms with Gasteiger partial charge in [0.2, 0.25) is 0 Å². The molecule has 28 heavy (non-hydrogen) atoms. The van der Waals surface area contributed by atoms with Gasteiger partial charge in [-0.2, -0.15) is 0 Å². The van der Waals surface area contributed by atoms with Crippen LogP contribution in [0.2, 0.25) is 0 Å². The number of rotatable bonds is 5. The second kappa shape index (κ2) is 8.82. The molecule has 0 saturated heterocycles. The monoisotopic (exact) mass is 370 g/mol. The number of anilines is 1. The molecular formula is C24H22N2O2. The Labute approximate surface area is 164 Å². The molecule has 0 spiro atoms. The second-order valence-corrected chi connectivity index (χ2v) is 6.62. The van der Waals surface area contributed by atoms with Crippen LogP contribution < -0.4 is 10.6 Å². The van der Waals surface area contributed by atoms with Gasteiger partial charge >= 0.3 is 0 Å². The van der Waals surface area contributed by atoms with Crippen LogP contribution in [0.3, 0.4) is 0 Å². The van der Waals surface area contributed by atoms with Crippen molar-refractivity contribution in [3.63, 3.8) is 0 Å². The number of nitrogens with one attached hydrogen (secondary N) is 2. The topological polar surface area (TPSA) is 58.2 Å². The molecule has 0 radical (unpaired) electrons. The third kappa shape index (κ3) is 5.17. The van der Waals surface area contributed by atoms with Gasteiger partial charge in [-0.3, -0.25) is 9.59 Å². The predicted octanol–water partition coefficient (Wildman–Crippen LogP) is 4.71. The summed E-state index contributed by atoms with van der Waals surface area (Å²) in [5.74, 6) is -0.708. The zero-order valence-electron chi connectivity index (χ0n) is 15.9. The smallest absolute Gasteiger partial charge is 0.272 e. The first-order chi connectivity index (χ1) is 13.5. The van der Waals surface area contributed by atoms with Gasteiger partial charge in [0.05, 0.1) is 0 Å². The number of carbonyl (C=O) groups is 2. The van der Waals surface area contributed by atoms with Crippen LogP contribution in [0.4, 0.5) is 5.69 Å². The highest BCUT2D eigenvalue weighted by atomic mass is 16.2. The second-order valence-electron chi connectivity index (χ2n) is 6.62. The molecule has 4 heteroatoms. The lowest BCUT2D eigenvalue weighted by molar-refractivity contribution is -0.113. The summed E-state index contributed by atoms with van der Waals surface area (Å²) in [6, 6.07) is 24.2. The molecule has 3 rings (SSSR count). The third-order valence-electron chi connectivity index (χ3n) is 4.16. The van der Waals surface area contributed by atoms with E-state index >= 15 is 0 Å². The average Bonchev–Trinajstić information content (AvgIpc) is 2.68. The van der Waals surface area contributed by atoms with Crippen LogP contribution in [-0.2, 0) is 4.79 Å². The van der Waals surface area contributed by atoms with Gasteiger partial charge < -0.3 is 10.6 Å². The molecule has 0 saturated carbocycles. The molecule has 0 aliphatic carbocycles. The van der Waals surface area contributed by atoms with E-state index in [1.54, 1.807) is 18.2 Å². The fourth-order valence-electron chi connectivity index (χ4n) is 2.78. The van der Waals surface area contributed by atoms with Crippen LogP contribution in [0.25, 0.3) is 6.08 Å². The molecule has 0 aromatic heterocycles. The maximum Gasteiger partial charge on any atom is 0.272 e. The molecule has 140 valence electrons. The van der Waals surface area contributed by atoms with E-state index in [1.165, 1.54) is 0 Å². The largest absolute Gasteiger partial charge is 0.321 e. The van der Waals surface area contributed by atoms with Crippen molar-refractivity contribution in [2.75, 3.05) is 5.32 Å². The summed E-state index contributed by atoms with van der Waals surface area (Å²) in [7, 11) is 0. The first kappa shape index (κ1) is 19.1. The summed E-state index contributed by atoms with van der Waals surface area (Å²) in [5, 5.41) is 5.60. The van der Waals surface area contributed by atoms with Crippen LogP contribution in [-0.4, -0.2) is 11.8 Å². The fraction of sp³-hybridized carbons (Fsp3) is 0.0833. The summed E-state index contributed by atoms with van der Waals surface area (Å²) in [6.07, 6.45) is 1.67. The molecule has 3 aromatic carbocycles. The molecule has 0 heterocycles. The Balaban J connectivity index is 1.87.